The third-order valence-corrected chi connectivity index (χ3v) is 4.70. The van der Waals surface area contributed by atoms with Crippen molar-refractivity contribution in [2.45, 2.75) is 25.8 Å². The van der Waals surface area contributed by atoms with Gasteiger partial charge in [0.1, 0.15) is 10.7 Å². The van der Waals surface area contributed by atoms with E-state index in [1.54, 1.807) is 11.0 Å². The quantitative estimate of drug-likeness (QED) is 0.800. The van der Waals surface area contributed by atoms with Crippen LogP contribution in [-0.2, 0) is 0 Å². The first-order valence-electron chi connectivity index (χ1n) is 7.23. The molecule has 1 aliphatic rings. The Morgan fingerprint density at radius 2 is 2.43 bits per heavy atom. The summed E-state index contributed by atoms with van der Waals surface area (Å²) >= 11 is 1.35. The highest BCUT2D eigenvalue weighted by molar-refractivity contribution is 7.18. The van der Waals surface area contributed by atoms with Crippen molar-refractivity contribution in [3.63, 3.8) is 0 Å². The Morgan fingerprint density at radius 1 is 1.67 bits per heavy atom. The van der Waals surface area contributed by atoms with E-state index in [1.807, 2.05) is 6.92 Å². The molecule has 2 heterocycles. The standard InChI is InChI=1S/C14H23N5OS/c1-3-7-18(4-2)13(20)11-12(16)17-14(21-11)19-8-5-6-10(15)9-19/h3,10H,1,4-9,15-16H2,2H3. The lowest BCUT2D eigenvalue weighted by atomic mass is 10.1. The molecule has 2 rings (SSSR count). The van der Waals surface area contributed by atoms with E-state index in [9.17, 15) is 4.79 Å². The lowest BCUT2D eigenvalue weighted by molar-refractivity contribution is 0.0787. The maximum atomic E-state index is 12.5. The van der Waals surface area contributed by atoms with Crippen LogP contribution in [0.5, 0.6) is 0 Å². The monoisotopic (exact) mass is 309 g/mol. The molecule has 6 nitrogen and oxygen atoms in total. The van der Waals surface area contributed by atoms with Crippen molar-refractivity contribution in [1.82, 2.24) is 9.88 Å². The minimum atomic E-state index is -0.0834. The molecule has 1 aromatic heterocycles. The zero-order valence-electron chi connectivity index (χ0n) is 12.4. The topological polar surface area (TPSA) is 88.5 Å². The van der Waals surface area contributed by atoms with E-state index < -0.39 is 0 Å². The van der Waals surface area contributed by atoms with Gasteiger partial charge in [-0.2, -0.15) is 0 Å². The second kappa shape index (κ2) is 6.91. The second-order valence-electron chi connectivity index (χ2n) is 5.19. The van der Waals surface area contributed by atoms with Crippen LogP contribution in [0.1, 0.15) is 29.4 Å². The van der Waals surface area contributed by atoms with Gasteiger partial charge >= 0.3 is 0 Å². The third-order valence-electron chi connectivity index (χ3n) is 3.58. The second-order valence-corrected chi connectivity index (χ2v) is 6.17. The van der Waals surface area contributed by atoms with Gasteiger partial charge in [-0.05, 0) is 19.8 Å². The number of piperidine rings is 1. The molecule has 0 aliphatic carbocycles. The van der Waals surface area contributed by atoms with Gasteiger partial charge in [0.15, 0.2) is 5.13 Å². The molecule has 1 amide bonds. The zero-order valence-corrected chi connectivity index (χ0v) is 13.2. The van der Waals surface area contributed by atoms with Crippen LogP contribution in [0.3, 0.4) is 0 Å². The molecule has 1 atom stereocenters. The summed E-state index contributed by atoms with van der Waals surface area (Å²) in [6, 6.07) is 0.163. The Labute approximate surface area is 129 Å². The molecule has 116 valence electrons. The highest BCUT2D eigenvalue weighted by Crippen LogP contribution is 2.30. The van der Waals surface area contributed by atoms with E-state index in [4.69, 9.17) is 11.5 Å². The molecule has 0 aromatic carbocycles. The van der Waals surface area contributed by atoms with Crippen LogP contribution >= 0.6 is 11.3 Å². The van der Waals surface area contributed by atoms with Crippen molar-refractivity contribution < 1.29 is 4.79 Å². The number of hydrogen-bond donors (Lipinski definition) is 2. The first-order chi connectivity index (χ1) is 10.1. The summed E-state index contributed by atoms with van der Waals surface area (Å²) in [5.74, 6) is 0.224. The number of hydrogen-bond acceptors (Lipinski definition) is 6. The number of aromatic nitrogens is 1. The van der Waals surface area contributed by atoms with Crippen molar-refractivity contribution in [2.24, 2.45) is 5.73 Å². The SMILES string of the molecule is C=CCN(CC)C(=O)c1sc(N2CCCC(N)C2)nc1N. The maximum absolute atomic E-state index is 12.5. The third kappa shape index (κ3) is 3.54. The average molecular weight is 309 g/mol. The summed E-state index contributed by atoms with van der Waals surface area (Å²) in [5.41, 5.74) is 11.9. The van der Waals surface area contributed by atoms with Gasteiger partial charge in [-0.15, -0.1) is 6.58 Å². The first-order valence-corrected chi connectivity index (χ1v) is 8.05. The van der Waals surface area contributed by atoms with Crippen LogP contribution in [0.4, 0.5) is 10.9 Å². The number of carbonyl (C=O) groups excluding carboxylic acids is 1. The predicted molar refractivity (Wildman–Crippen MR) is 87.7 cm³/mol. The van der Waals surface area contributed by atoms with Crippen LogP contribution in [0.15, 0.2) is 12.7 Å². The van der Waals surface area contributed by atoms with Crippen LogP contribution in [0.2, 0.25) is 0 Å². The number of amides is 1. The number of nitrogen functional groups attached to an aromatic ring is 1. The normalized spacial score (nSPS) is 18.6. The Kier molecular flexibility index (Phi) is 5.19. The zero-order chi connectivity index (χ0) is 15.4. The van der Waals surface area contributed by atoms with Crippen molar-refractivity contribution in [3.05, 3.63) is 17.5 Å². The lowest BCUT2D eigenvalue weighted by Gasteiger charge is -2.30. The van der Waals surface area contributed by atoms with E-state index in [-0.39, 0.29) is 11.9 Å². The minimum Gasteiger partial charge on any atom is -0.382 e. The molecule has 1 fully saturated rings. The molecule has 4 N–H and O–H groups in total. The van der Waals surface area contributed by atoms with E-state index in [0.717, 1.165) is 31.1 Å². The predicted octanol–water partition coefficient (Wildman–Crippen LogP) is 1.30. The van der Waals surface area contributed by atoms with E-state index >= 15 is 0 Å². The number of nitrogens with two attached hydrogens (primary N) is 2. The molecule has 1 aromatic rings. The summed E-state index contributed by atoms with van der Waals surface area (Å²) in [6.45, 7) is 8.42. The fourth-order valence-electron chi connectivity index (χ4n) is 2.45. The summed E-state index contributed by atoms with van der Waals surface area (Å²) in [6.07, 6.45) is 3.79. The van der Waals surface area contributed by atoms with Gasteiger partial charge in [-0.3, -0.25) is 4.79 Å². The maximum Gasteiger partial charge on any atom is 0.268 e. The molecule has 1 unspecified atom stereocenters. The highest BCUT2D eigenvalue weighted by atomic mass is 32.1. The van der Waals surface area contributed by atoms with Gasteiger partial charge < -0.3 is 21.3 Å². The molecule has 0 spiro atoms. The Bertz CT molecular complexity index is 515. The number of nitrogens with zero attached hydrogens (tertiary/aromatic N) is 3. The van der Waals surface area contributed by atoms with Gasteiger partial charge in [0.25, 0.3) is 5.91 Å². The number of carbonyl (C=O) groups is 1. The average Bonchev–Trinajstić information content (AvgIpc) is 2.86. The fraction of sp³-hybridized carbons (Fsp3) is 0.571. The van der Waals surface area contributed by atoms with Crippen molar-refractivity contribution in [1.29, 1.82) is 0 Å². The molecular formula is C14H23N5OS. The number of thiazole rings is 1. The number of anilines is 2. The summed E-state index contributed by atoms with van der Waals surface area (Å²) < 4.78 is 0. The Hall–Kier alpha value is -1.60. The van der Waals surface area contributed by atoms with Crippen molar-refractivity contribution in [2.75, 3.05) is 36.8 Å². The first kappa shape index (κ1) is 15.8. The molecule has 0 bridgehead atoms. The van der Waals surface area contributed by atoms with E-state index in [0.29, 0.717) is 23.8 Å². The Morgan fingerprint density at radius 3 is 3.05 bits per heavy atom. The minimum absolute atomic E-state index is 0.0834. The molecule has 21 heavy (non-hydrogen) atoms. The molecular weight excluding hydrogens is 286 g/mol. The number of likely N-dealkylation sites (N-methyl/N-ethyl adjacent to an activating group) is 1. The molecule has 1 saturated heterocycles. The summed E-state index contributed by atoms with van der Waals surface area (Å²) in [5, 5.41) is 0.792. The van der Waals surface area contributed by atoms with Crippen molar-refractivity contribution in [3.8, 4) is 0 Å². The fourth-order valence-corrected chi connectivity index (χ4v) is 3.44. The Balaban J connectivity index is 2.18. The molecule has 0 saturated carbocycles. The van der Waals surface area contributed by atoms with Gasteiger partial charge in [0.05, 0.1) is 0 Å². The van der Waals surface area contributed by atoms with Crippen LogP contribution in [0.25, 0.3) is 0 Å². The van der Waals surface area contributed by atoms with Crippen LogP contribution in [0, 0.1) is 0 Å². The molecule has 0 radical (unpaired) electrons. The van der Waals surface area contributed by atoms with Gasteiger partial charge in [-0.1, -0.05) is 17.4 Å². The lowest BCUT2D eigenvalue weighted by Crippen LogP contribution is -2.42. The largest absolute Gasteiger partial charge is 0.382 e. The van der Waals surface area contributed by atoms with Gasteiger partial charge in [0.2, 0.25) is 0 Å². The van der Waals surface area contributed by atoms with Crippen LogP contribution in [-0.4, -0.2) is 48.0 Å². The van der Waals surface area contributed by atoms with Gasteiger partial charge in [-0.25, -0.2) is 4.98 Å². The summed E-state index contributed by atoms with van der Waals surface area (Å²) in [4.78, 5) is 21.2. The van der Waals surface area contributed by atoms with E-state index in [1.165, 1.54) is 11.3 Å². The smallest absolute Gasteiger partial charge is 0.268 e. The van der Waals surface area contributed by atoms with Crippen molar-refractivity contribution >= 4 is 28.2 Å². The van der Waals surface area contributed by atoms with Gasteiger partial charge in [0, 0.05) is 32.2 Å². The number of rotatable bonds is 5. The van der Waals surface area contributed by atoms with Crippen LogP contribution < -0.4 is 16.4 Å². The highest BCUT2D eigenvalue weighted by Gasteiger charge is 2.25. The van der Waals surface area contributed by atoms with E-state index in [2.05, 4.69) is 16.5 Å². The molecule has 7 heteroatoms. The molecule has 1 aliphatic heterocycles. The summed E-state index contributed by atoms with van der Waals surface area (Å²) in [7, 11) is 0.